The van der Waals surface area contributed by atoms with Crippen molar-refractivity contribution in [3.05, 3.63) is 53.4 Å². The summed E-state index contributed by atoms with van der Waals surface area (Å²) < 4.78 is 1.65. The van der Waals surface area contributed by atoms with E-state index in [1.807, 2.05) is 18.2 Å². The lowest BCUT2D eigenvalue weighted by Crippen LogP contribution is -2.33. The Bertz CT molecular complexity index is 1450. The van der Waals surface area contributed by atoms with E-state index in [4.69, 9.17) is 17.3 Å². The second-order valence-corrected chi connectivity index (χ2v) is 9.18. The van der Waals surface area contributed by atoms with Crippen molar-refractivity contribution >= 4 is 40.0 Å². The zero-order chi connectivity index (χ0) is 24.5. The maximum atomic E-state index is 13.1. The number of nitrogen functional groups attached to an aromatic ring is 1. The van der Waals surface area contributed by atoms with Gasteiger partial charge in [0, 0.05) is 49.8 Å². The van der Waals surface area contributed by atoms with Gasteiger partial charge in [-0.2, -0.15) is 5.10 Å². The van der Waals surface area contributed by atoms with Gasteiger partial charge in [0.2, 0.25) is 0 Å². The Labute approximate surface area is 206 Å². The van der Waals surface area contributed by atoms with Gasteiger partial charge in [-0.15, -0.1) is 0 Å². The number of rotatable bonds is 5. The molecule has 0 aliphatic heterocycles. The first-order valence-corrected chi connectivity index (χ1v) is 11.8. The van der Waals surface area contributed by atoms with Gasteiger partial charge in [-0.05, 0) is 43.0 Å². The van der Waals surface area contributed by atoms with Gasteiger partial charge < -0.3 is 11.1 Å². The van der Waals surface area contributed by atoms with Crippen LogP contribution in [0.2, 0.25) is 5.02 Å². The van der Waals surface area contributed by atoms with Crippen LogP contribution in [0.25, 0.3) is 33.5 Å². The van der Waals surface area contributed by atoms with Gasteiger partial charge in [-0.3, -0.25) is 19.3 Å². The molecule has 3 aromatic heterocycles. The molecule has 10 heteroatoms. The highest BCUT2D eigenvalue weighted by atomic mass is 35.5. The molecule has 1 aromatic carbocycles. The Hall–Kier alpha value is -3.85. The van der Waals surface area contributed by atoms with E-state index in [-0.39, 0.29) is 23.2 Å². The van der Waals surface area contributed by atoms with Gasteiger partial charge in [-0.25, -0.2) is 9.97 Å². The van der Waals surface area contributed by atoms with Crippen LogP contribution in [0.5, 0.6) is 0 Å². The predicted octanol–water partition coefficient (Wildman–Crippen LogP) is 3.82. The molecule has 9 nitrogen and oxygen atoms in total. The third kappa shape index (κ3) is 4.72. The van der Waals surface area contributed by atoms with E-state index in [0.29, 0.717) is 52.6 Å². The fourth-order valence-corrected chi connectivity index (χ4v) is 4.71. The Morgan fingerprint density at radius 3 is 2.89 bits per heavy atom. The minimum Gasteiger partial charge on any atom is -0.382 e. The number of aromatic nitrogens is 5. The quantitative estimate of drug-likeness (QED) is 0.436. The summed E-state index contributed by atoms with van der Waals surface area (Å²) in [6, 6.07) is 9.18. The minimum absolute atomic E-state index is 0.000163. The van der Waals surface area contributed by atoms with E-state index in [2.05, 4.69) is 25.4 Å². The van der Waals surface area contributed by atoms with E-state index in [1.54, 1.807) is 36.3 Å². The van der Waals surface area contributed by atoms with Gasteiger partial charge in [0.15, 0.2) is 11.5 Å². The Balaban J connectivity index is 1.56. The number of nitrogens with one attached hydrogen (secondary N) is 1. The maximum Gasteiger partial charge on any atom is 0.273 e. The van der Waals surface area contributed by atoms with Crippen LogP contribution in [0.4, 0.5) is 5.82 Å². The van der Waals surface area contributed by atoms with Gasteiger partial charge in [0.05, 0.1) is 16.2 Å². The standard InChI is InChI=1S/C25H24ClN7O2/c1-33-9-7-19(32-33)22-21(16-11-15-5-3-8-28-20(15)18(26)12-16)30-23(24(27)31-22)25(35)29-13-14-4-2-6-17(34)10-14/h3,5,7-9,11-12,14H,2,4,6,10,13H2,1H3,(H2,27,31)(H,29,35). The first-order valence-electron chi connectivity index (χ1n) is 11.4. The van der Waals surface area contributed by atoms with Gasteiger partial charge in [0.1, 0.15) is 17.2 Å². The van der Waals surface area contributed by atoms with Crippen molar-refractivity contribution < 1.29 is 9.59 Å². The van der Waals surface area contributed by atoms with Crippen molar-refractivity contribution in [2.45, 2.75) is 25.7 Å². The molecular formula is C25H24ClN7O2. The summed E-state index contributed by atoms with van der Waals surface area (Å²) in [7, 11) is 1.80. The van der Waals surface area contributed by atoms with Crippen molar-refractivity contribution in [1.29, 1.82) is 0 Å². The number of fused-ring (bicyclic) bond motifs is 1. The maximum absolute atomic E-state index is 13.1. The SMILES string of the molecule is Cn1ccc(-c2nc(N)c(C(=O)NCC3CCCC(=O)C3)nc2-c2cc(Cl)c3ncccc3c2)n1. The summed E-state index contributed by atoms with van der Waals surface area (Å²) in [5.74, 6) is -0.0801. The van der Waals surface area contributed by atoms with E-state index in [9.17, 15) is 9.59 Å². The van der Waals surface area contributed by atoms with E-state index >= 15 is 0 Å². The second-order valence-electron chi connectivity index (χ2n) is 8.77. The summed E-state index contributed by atoms with van der Waals surface area (Å²) >= 11 is 6.53. The molecule has 4 aromatic rings. The first-order chi connectivity index (χ1) is 16.9. The second kappa shape index (κ2) is 9.42. The summed E-state index contributed by atoms with van der Waals surface area (Å²) in [6.07, 6.45) is 6.32. The number of aryl methyl sites for hydroxylation is 1. The number of pyridine rings is 1. The lowest BCUT2D eigenvalue weighted by molar-refractivity contribution is -0.121. The Morgan fingerprint density at radius 2 is 2.11 bits per heavy atom. The summed E-state index contributed by atoms with van der Waals surface area (Å²) in [4.78, 5) is 38.4. The van der Waals surface area contributed by atoms with Crippen molar-refractivity contribution in [2.75, 3.05) is 12.3 Å². The zero-order valence-electron chi connectivity index (χ0n) is 19.2. The normalized spacial score (nSPS) is 15.9. The highest BCUT2D eigenvalue weighted by molar-refractivity contribution is 6.35. The molecule has 3 N–H and O–H groups in total. The number of Topliss-reactive ketones (excluding diaryl/α,β-unsaturated/α-hetero) is 1. The highest BCUT2D eigenvalue weighted by Gasteiger charge is 2.24. The van der Waals surface area contributed by atoms with Crippen LogP contribution in [-0.4, -0.2) is 43.0 Å². The molecule has 1 saturated carbocycles. The molecule has 5 rings (SSSR count). The first kappa shape index (κ1) is 22.9. The third-order valence-corrected chi connectivity index (χ3v) is 6.45. The molecule has 1 unspecified atom stereocenters. The number of halogens is 1. The van der Waals surface area contributed by atoms with Crippen molar-refractivity contribution in [3.8, 4) is 22.6 Å². The van der Waals surface area contributed by atoms with Crippen molar-refractivity contribution in [1.82, 2.24) is 30.0 Å². The molecule has 1 amide bonds. The molecular weight excluding hydrogens is 466 g/mol. The molecule has 0 saturated heterocycles. The summed E-state index contributed by atoms with van der Waals surface area (Å²) in [5.41, 5.74) is 8.99. The van der Waals surface area contributed by atoms with E-state index in [0.717, 1.165) is 18.2 Å². The van der Waals surface area contributed by atoms with E-state index in [1.165, 1.54) is 0 Å². The average Bonchev–Trinajstić information content (AvgIpc) is 3.28. The molecule has 0 bridgehead atoms. The minimum atomic E-state index is -0.435. The molecule has 1 fully saturated rings. The number of nitrogens with zero attached hydrogens (tertiary/aromatic N) is 5. The molecule has 0 radical (unpaired) electrons. The Morgan fingerprint density at radius 1 is 1.26 bits per heavy atom. The number of amides is 1. The lowest BCUT2D eigenvalue weighted by Gasteiger charge is -2.21. The van der Waals surface area contributed by atoms with Gasteiger partial charge >= 0.3 is 0 Å². The number of hydrogen-bond acceptors (Lipinski definition) is 7. The Kier molecular flexibility index (Phi) is 6.17. The topological polar surface area (TPSA) is 129 Å². The number of carbonyl (C=O) groups is 2. The number of carbonyl (C=O) groups excluding carboxylic acids is 2. The molecule has 35 heavy (non-hydrogen) atoms. The van der Waals surface area contributed by atoms with Crippen LogP contribution in [0, 0.1) is 5.92 Å². The third-order valence-electron chi connectivity index (χ3n) is 6.16. The van der Waals surface area contributed by atoms with Gasteiger partial charge in [0.25, 0.3) is 5.91 Å². The predicted molar refractivity (Wildman–Crippen MR) is 134 cm³/mol. The molecule has 178 valence electrons. The smallest absolute Gasteiger partial charge is 0.273 e. The van der Waals surface area contributed by atoms with Crippen LogP contribution >= 0.6 is 11.6 Å². The number of nitrogens with two attached hydrogens (primary N) is 1. The number of benzene rings is 1. The van der Waals surface area contributed by atoms with Crippen LogP contribution in [0.1, 0.15) is 36.2 Å². The largest absolute Gasteiger partial charge is 0.382 e. The summed E-state index contributed by atoms with van der Waals surface area (Å²) in [6.45, 7) is 0.385. The summed E-state index contributed by atoms with van der Waals surface area (Å²) in [5, 5.41) is 8.62. The van der Waals surface area contributed by atoms with Crippen LogP contribution in [0.3, 0.4) is 0 Å². The molecule has 1 aliphatic rings. The van der Waals surface area contributed by atoms with Crippen molar-refractivity contribution in [2.24, 2.45) is 13.0 Å². The monoisotopic (exact) mass is 489 g/mol. The van der Waals surface area contributed by atoms with Crippen molar-refractivity contribution in [3.63, 3.8) is 0 Å². The number of hydrogen-bond donors (Lipinski definition) is 2. The van der Waals surface area contributed by atoms with Crippen LogP contribution in [0.15, 0.2) is 42.7 Å². The molecule has 1 atom stereocenters. The van der Waals surface area contributed by atoms with Crippen LogP contribution < -0.4 is 11.1 Å². The highest BCUT2D eigenvalue weighted by Crippen LogP contribution is 2.34. The molecule has 3 heterocycles. The van der Waals surface area contributed by atoms with Gasteiger partial charge in [-0.1, -0.05) is 17.7 Å². The molecule has 0 spiro atoms. The average molecular weight is 490 g/mol. The lowest BCUT2D eigenvalue weighted by atomic mass is 9.88. The number of anilines is 1. The fraction of sp³-hybridized carbons (Fsp3) is 0.280. The molecule has 1 aliphatic carbocycles. The zero-order valence-corrected chi connectivity index (χ0v) is 19.9. The van der Waals surface area contributed by atoms with E-state index < -0.39 is 5.91 Å². The number of ketones is 1. The van der Waals surface area contributed by atoms with Crippen LogP contribution in [-0.2, 0) is 11.8 Å². The fourth-order valence-electron chi connectivity index (χ4n) is 4.43.